The minimum atomic E-state index is -4.11. The molecule has 0 aromatic carbocycles. The van der Waals surface area contributed by atoms with Crippen molar-refractivity contribution in [3.63, 3.8) is 0 Å². The number of ether oxygens (including phenoxy) is 1. The van der Waals surface area contributed by atoms with Crippen LogP contribution in [-0.2, 0) is 19.6 Å². The van der Waals surface area contributed by atoms with Crippen molar-refractivity contribution >= 4 is 16.1 Å². The number of carbonyl (C=O) groups is 1. The van der Waals surface area contributed by atoms with Gasteiger partial charge in [0.05, 0.1) is 14.1 Å². The molecule has 108 valence electrons. The fourth-order valence-electron chi connectivity index (χ4n) is 1.04. The number of hydrogen-bond donors (Lipinski definition) is 1. The van der Waals surface area contributed by atoms with Gasteiger partial charge in [0.2, 0.25) is 5.37 Å². The highest BCUT2D eigenvalue weighted by atomic mass is 32.2. The van der Waals surface area contributed by atoms with E-state index < -0.39 is 21.5 Å². The van der Waals surface area contributed by atoms with Crippen LogP contribution in [0.1, 0.15) is 13.8 Å². The predicted octanol–water partition coefficient (Wildman–Crippen LogP) is 0.239. The Morgan fingerprint density at radius 2 is 1.89 bits per heavy atom. The first-order chi connectivity index (χ1) is 7.48. The van der Waals surface area contributed by atoms with Gasteiger partial charge in [-0.25, -0.2) is 4.79 Å². The number of carbonyl (C=O) groups excluding carboxylic acids is 1. The average molecular weight is 283 g/mol. The van der Waals surface area contributed by atoms with Crippen LogP contribution >= 0.6 is 0 Å². The van der Waals surface area contributed by atoms with E-state index in [9.17, 15) is 13.2 Å². The highest BCUT2D eigenvalue weighted by molar-refractivity contribution is 7.86. The van der Waals surface area contributed by atoms with Gasteiger partial charge in [0, 0.05) is 12.5 Å². The van der Waals surface area contributed by atoms with Crippen molar-refractivity contribution in [2.45, 2.75) is 19.2 Å². The summed E-state index contributed by atoms with van der Waals surface area (Å²) in [4.78, 5) is 11.1. The van der Waals surface area contributed by atoms with Crippen molar-refractivity contribution in [2.75, 3.05) is 27.2 Å². The van der Waals surface area contributed by atoms with Crippen LogP contribution in [-0.4, -0.2) is 61.5 Å². The van der Waals surface area contributed by atoms with Gasteiger partial charge in [-0.05, 0) is 6.92 Å². The third-order valence-corrected chi connectivity index (χ3v) is 4.10. The van der Waals surface area contributed by atoms with Gasteiger partial charge < -0.3 is 14.7 Å². The molecule has 0 amide bonds. The van der Waals surface area contributed by atoms with E-state index in [1.165, 1.54) is 13.8 Å². The molecule has 7 nitrogen and oxygen atoms in total. The highest BCUT2D eigenvalue weighted by Gasteiger charge is 2.34. The molecular formula is C10H21NO6S. The second kappa shape index (κ2) is 6.83. The second-order valence-electron chi connectivity index (χ2n) is 4.53. The molecule has 0 saturated heterocycles. The summed E-state index contributed by atoms with van der Waals surface area (Å²) in [7, 11) is -0.849. The van der Waals surface area contributed by atoms with Gasteiger partial charge in [0.15, 0.2) is 0 Å². The maximum absolute atomic E-state index is 11.1. The summed E-state index contributed by atoms with van der Waals surface area (Å²) in [5.74, 6) is -0.510. The molecule has 18 heavy (non-hydrogen) atoms. The fraction of sp³-hybridized carbons (Fsp3) is 0.700. The Morgan fingerprint density at radius 3 is 2.22 bits per heavy atom. The van der Waals surface area contributed by atoms with Crippen LogP contribution in [0.25, 0.3) is 0 Å². The van der Waals surface area contributed by atoms with Crippen LogP contribution in [0.15, 0.2) is 12.2 Å². The lowest BCUT2D eigenvalue weighted by atomic mass is 10.4. The maximum Gasteiger partial charge on any atom is 0.333 e. The molecule has 0 aliphatic rings. The van der Waals surface area contributed by atoms with E-state index in [0.29, 0.717) is 0 Å². The molecule has 0 aromatic heterocycles. The van der Waals surface area contributed by atoms with Crippen molar-refractivity contribution in [1.82, 2.24) is 0 Å². The molecule has 1 unspecified atom stereocenters. The predicted molar refractivity (Wildman–Crippen MR) is 65.7 cm³/mol. The Hall–Kier alpha value is -0.960. The van der Waals surface area contributed by atoms with E-state index in [1.54, 1.807) is 14.1 Å². The lowest BCUT2D eigenvalue weighted by molar-refractivity contribution is -0.899. The van der Waals surface area contributed by atoms with Gasteiger partial charge >= 0.3 is 16.1 Å². The van der Waals surface area contributed by atoms with Gasteiger partial charge in [-0.1, -0.05) is 6.58 Å². The van der Waals surface area contributed by atoms with E-state index in [-0.39, 0.29) is 28.7 Å². The SMILES string of the molecule is C=C(C)C(=O)OCC[N+](C)(C)C(C)S(=O)(=O)O.[OH-]. The number of hydrogen-bond acceptors (Lipinski definition) is 5. The van der Waals surface area contributed by atoms with Crippen molar-refractivity contribution in [1.29, 1.82) is 0 Å². The van der Waals surface area contributed by atoms with Crippen LogP contribution in [0.4, 0.5) is 0 Å². The quantitative estimate of drug-likeness (QED) is 0.323. The molecular weight excluding hydrogens is 262 g/mol. The molecule has 0 saturated carbocycles. The largest absolute Gasteiger partial charge is 0.870 e. The Bertz CT molecular complexity index is 401. The molecule has 0 aliphatic heterocycles. The van der Waals surface area contributed by atoms with Gasteiger partial charge in [-0.3, -0.25) is 4.55 Å². The molecule has 0 aliphatic carbocycles. The Balaban J connectivity index is 0. The molecule has 0 aromatic rings. The molecule has 0 bridgehead atoms. The number of quaternary nitrogens is 1. The molecule has 0 radical (unpaired) electrons. The normalized spacial score (nSPS) is 13.4. The molecule has 2 N–H and O–H groups in total. The Kier molecular flexibility index (Phi) is 7.36. The van der Waals surface area contributed by atoms with Crippen molar-refractivity contribution in [2.24, 2.45) is 0 Å². The molecule has 8 heteroatoms. The highest BCUT2D eigenvalue weighted by Crippen LogP contribution is 2.11. The summed E-state index contributed by atoms with van der Waals surface area (Å²) in [6.07, 6.45) is 0. The van der Waals surface area contributed by atoms with Gasteiger partial charge in [0.25, 0.3) is 0 Å². The molecule has 0 spiro atoms. The van der Waals surface area contributed by atoms with E-state index in [4.69, 9.17) is 9.29 Å². The van der Waals surface area contributed by atoms with E-state index in [2.05, 4.69) is 6.58 Å². The molecule has 0 rings (SSSR count). The van der Waals surface area contributed by atoms with Crippen LogP contribution < -0.4 is 0 Å². The summed E-state index contributed by atoms with van der Waals surface area (Å²) in [5, 5.41) is -0.981. The number of nitrogens with zero attached hydrogens (tertiary/aromatic N) is 1. The molecule has 1 atom stereocenters. The third kappa shape index (κ3) is 6.10. The standard InChI is InChI=1S/C10H19NO5S.H2O/c1-8(2)10(12)16-7-6-11(4,5)9(3)17(13,14)15;/h9H,1,6-7H2,2-5H3;1H2. The lowest BCUT2D eigenvalue weighted by Crippen LogP contribution is -2.52. The van der Waals surface area contributed by atoms with Crippen LogP contribution in [0.2, 0.25) is 0 Å². The van der Waals surface area contributed by atoms with Crippen LogP contribution in [0, 0.1) is 0 Å². The van der Waals surface area contributed by atoms with Crippen molar-refractivity contribution in [3.8, 4) is 0 Å². The minimum Gasteiger partial charge on any atom is -0.870 e. The zero-order valence-corrected chi connectivity index (χ0v) is 11.9. The topological polar surface area (TPSA) is 111 Å². The number of esters is 1. The first kappa shape index (κ1) is 19.4. The van der Waals surface area contributed by atoms with Crippen LogP contribution in [0.5, 0.6) is 0 Å². The van der Waals surface area contributed by atoms with E-state index in [1.807, 2.05) is 0 Å². The Morgan fingerprint density at radius 1 is 1.44 bits per heavy atom. The first-order valence-corrected chi connectivity index (χ1v) is 6.60. The summed E-state index contributed by atoms with van der Waals surface area (Å²) in [6, 6.07) is 0. The zero-order valence-electron chi connectivity index (χ0n) is 11.1. The van der Waals surface area contributed by atoms with Crippen molar-refractivity contribution < 1.29 is 32.5 Å². The first-order valence-electron chi connectivity index (χ1n) is 5.10. The van der Waals surface area contributed by atoms with Crippen molar-refractivity contribution in [3.05, 3.63) is 12.2 Å². The third-order valence-electron chi connectivity index (χ3n) is 2.66. The van der Waals surface area contributed by atoms with Gasteiger partial charge in [0.1, 0.15) is 13.2 Å². The lowest BCUT2D eigenvalue weighted by Gasteiger charge is -2.33. The van der Waals surface area contributed by atoms with E-state index in [0.717, 1.165) is 0 Å². The van der Waals surface area contributed by atoms with E-state index >= 15 is 0 Å². The minimum absolute atomic E-state index is 0. The summed E-state index contributed by atoms with van der Waals surface area (Å²) < 4.78 is 35.8. The zero-order chi connectivity index (χ0) is 13.9. The molecule has 0 heterocycles. The summed E-state index contributed by atoms with van der Waals surface area (Å²) in [6.45, 7) is 6.70. The van der Waals surface area contributed by atoms with Gasteiger partial charge in [-0.15, -0.1) is 0 Å². The second-order valence-corrected chi connectivity index (χ2v) is 6.24. The average Bonchev–Trinajstić information content (AvgIpc) is 2.14. The van der Waals surface area contributed by atoms with Crippen LogP contribution in [0.3, 0.4) is 0 Å². The Labute approximate surface area is 108 Å². The number of likely N-dealkylation sites (N-methyl/N-ethyl adjacent to an activating group) is 1. The number of rotatable bonds is 6. The summed E-state index contributed by atoms with van der Waals surface area (Å²) >= 11 is 0. The molecule has 0 fully saturated rings. The smallest absolute Gasteiger partial charge is 0.333 e. The fourth-order valence-corrected chi connectivity index (χ4v) is 1.87. The maximum atomic E-state index is 11.1. The summed E-state index contributed by atoms with van der Waals surface area (Å²) in [5.41, 5.74) is 0.290. The van der Waals surface area contributed by atoms with Gasteiger partial charge in [-0.2, -0.15) is 8.42 Å². The monoisotopic (exact) mass is 283 g/mol.